The third-order valence-corrected chi connectivity index (χ3v) is 2.37. The Morgan fingerprint density at radius 1 is 1.38 bits per heavy atom. The van der Waals surface area contributed by atoms with Crippen LogP contribution in [0.5, 0.6) is 0 Å². The van der Waals surface area contributed by atoms with Crippen LogP contribution < -0.4 is 0 Å². The van der Waals surface area contributed by atoms with E-state index in [0.717, 1.165) is 26.4 Å². The molecule has 0 unspecified atom stereocenters. The van der Waals surface area contributed by atoms with Crippen molar-refractivity contribution in [3.63, 3.8) is 0 Å². The van der Waals surface area contributed by atoms with Crippen LogP contribution in [-0.2, 0) is 9.47 Å². The Hall–Kier alpha value is -0.120. The molecule has 78 valence electrons. The Bertz CT molecular complexity index is 130. The highest BCUT2D eigenvalue weighted by Crippen LogP contribution is 2.10. The molecule has 0 radical (unpaired) electrons. The maximum Gasteiger partial charge on any atom is 0.0704 e. The molecule has 3 heteroatoms. The summed E-state index contributed by atoms with van der Waals surface area (Å²) in [6, 6.07) is 0. The third-order valence-electron chi connectivity index (χ3n) is 2.37. The van der Waals surface area contributed by atoms with Crippen molar-refractivity contribution in [2.75, 3.05) is 40.0 Å². The molecule has 0 N–H and O–H groups in total. The molecule has 0 aliphatic carbocycles. The summed E-state index contributed by atoms with van der Waals surface area (Å²) in [5.41, 5.74) is 0. The van der Waals surface area contributed by atoms with E-state index in [4.69, 9.17) is 9.47 Å². The standard InChI is InChI=1S/C10H21NO2/c1-3-12-7-8-13-10-5-4-6-11(2)9-10/h10H,3-9H2,1-2H3/t10-/m0/s1. The maximum atomic E-state index is 5.69. The second-order valence-corrected chi connectivity index (χ2v) is 3.59. The number of hydrogen-bond acceptors (Lipinski definition) is 3. The molecule has 1 atom stereocenters. The summed E-state index contributed by atoms with van der Waals surface area (Å²) in [7, 11) is 2.15. The van der Waals surface area contributed by atoms with Crippen LogP contribution in [0, 0.1) is 0 Å². The van der Waals surface area contributed by atoms with Gasteiger partial charge >= 0.3 is 0 Å². The van der Waals surface area contributed by atoms with E-state index in [0.29, 0.717) is 6.10 Å². The molecule has 0 bridgehead atoms. The second kappa shape index (κ2) is 6.35. The molecule has 0 aromatic rings. The van der Waals surface area contributed by atoms with Crippen LogP contribution in [0.4, 0.5) is 0 Å². The fraction of sp³-hybridized carbons (Fsp3) is 1.00. The first-order valence-corrected chi connectivity index (χ1v) is 5.21. The summed E-state index contributed by atoms with van der Waals surface area (Å²) in [6.07, 6.45) is 2.89. The lowest BCUT2D eigenvalue weighted by atomic mass is 10.1. The van der Waals surface area contributed by atoms with Crippen molar-refractivity contribution in [3.05, 3.63) is 0 Å². The fourth-order valence-corrected chi connectivity index (χ4v) is 1.67. The molecule has 0 saturated carbocycles. The van der Waals surface area contributed by atoms with Crippen LogP contribution in [0.25, 0.3) is 0 Å². The highest BCUT2D eigenvalue weighted by Gasteiger charge is 2.16. The molecule has 0 amide bonds. The van der Waals surface area contributed by atoms with Crippen molar-refractivity contribution in [2.24, 2.45) is 0 Å². The van der Waals surface area contributed by atoms with Gasteiger partial charge in [0.2, 0.25) is 0 Å². The van der Waals surface area contributed by atoms with Crippen LogP contribution in [0.2, 0.25) is 0 Å². The van der Waals surface area contributed by atoms with Crippen molar-refractivity contribution >= 4 is 0 Å². The van der Waals surface area contributed by atoms with Gasteiger partial charge in [-0.2, -0.15) is 0 Å². The molecule has 0 spiro atoms. The first kappa shape index (κ1) is 11.0. The molecule has 1 saturated heterocycles. The minimum Gasteiger partial charge on any atom is -0.379 e. The van der Waals surface area contributed by atoms with Crippen molar-refractivity contribution in [1.82, 2.24) is 4.90 Å². The van der Waals surface area contributed by atoms with Gasteiger partial charge in [0.25, 0.3) is 0 Å². The number of likely N-dealkylation sites (tertiary alicyclic amines) is 1. The maximum absolute atomic E-state index is 5.69. The fourth-order valence-electron chi connectivity index (χ4n) is 1.67. The van der Waals surface area contributed by atoms with Crippen LogP contribution in [0.15, 0.2) is 0 Å². The van der Waals surface area contributed by atoms with Gasteiger partial charge in [-0.05, 0) is 33.4 Å². The number of nitrogens with zero attached hydrogens (tertiary/aromatic N) is 1. The zero-order chi connectivity index (χ0) is 9.52. The number of ether oxygens (including phenoxy) is 2. The van der Waals surface area contributed by atoms with Gasteiger partial charge < -0.3 is 14.4 Å². The van der Waals surface area contributed by atoms with Crippen molar-refractivity contribution in [2.45, 2.75) is 25.9 Å². The lowest BCUT2D eigenvalue weighted by molar-refractivity contribution is -0.0216. The summed E-state index contributed by atoms with van der Waals surface area (Å²) in [6.45, 7) is 6.56. The average Bonchev–Trinajstić information content (AvgIpc) is 2.13. The molecule has 0 aromatic carbocycles. The average molecular weight is 187 g/mol. The Morgan fingerprint density at radius 2 is 2.23 bits per heavy atom. The Balaban J connectivity index is 2.00. The normalized spacial score (nSPS) is 24.9. The van der Waals surface area contributed by atoms with E-state index in [2.05, 4.69) is 11.9 Å². The first-order valence-electron chi connectivity index (χ1n) is 5.21. The summed E-state index contributed by atoms with van der Waals surface area (Å²) >= 11 is 0. The SMILES string of the molecule is CCOCCO[C@H]1CCCN(C)C1. The van der Waals surface area contributed by atoms with Crippen LogP contribution in [0.1, 0.15) is 19.8 Å². The molecular weight excluding hydrogens is 166 g/mol. The molecular formula is C10H21NO2. The van der Waals surface area contributed by atoms with Crippen LogP contribution in [-0.4, -0.2) is 51.0 Å². The minimum absolute atomic E-state index is 0.430. The monoisotopic (exact) mass is 187 g/mol. The first-order chi connectivity index (χ1) is 6.33. The van der Waals surface area contributed by atoms with Gasteiger partial charge in [-0.25, -0.2) is 0 Å². The molecule has 1 fully saturated rings. The number of rotatable bonds is 5. The van der Waals surface area contributed by atoms with Gasteiger partial charge in [-0.3, -0.25) is 0 Å². The lowest BCUT2D eigenvalue weighted by Gasteiger charge is -2.29. The van der Waals surface area contributed by atoms with E-state index in [1.165, 1.54) is 19.4 Å². The van der Waals surface area contributed by atoms with Gasteiger partial charge in [0, 0.05) is 13.2 Å². The van der Waals surface area contributed by atoms with E-state index in [-0.39, 0.29) is 0 Å². The molecule has 0 aromatic heterocycles. The molecule has 13 heavy (non-hydrogen) atoms. The van der Waals surface area contributed by atoms with Crippen molar-refractivity contribution in [1.29, 1.82) is 0 Å². The van der Waals surface area contributed by atoms with Gasteiger partial charge in [-0.15, -0.1) is 0 Å². The van der Waals surface area contributed by atoms with E-state index in [9.17, 15) is 0 Å². The summed E-state index contributed by atoms with van der Waals surface area (Å²) < 4.78 is 10.9. The smallest absolute Gasteiger partial charge is 0.0704 e. The van der Waals surface area contributed by atoms with E-state index >= 15 is 0 Å². The zero-order valence-corrected chi connectivity index (χ0v) is 8.79. The summed E-state index contributed by atoms with van der Waals surface area (Å²) in [5.74, 6) is 0. The second-order valence-electron chi connectivity index (χ2n) is 3.59. The highest BCUT2D eigenvalue weighted by atomic mass is 16.5. The Kier molecular flexibility index (Phi) is 5.35. The van der Waals surface area contributed by atoms with E-state index in [1.807, 2.05) is 6.92 Å². The molecule has 1 rings (SSSR count). The summed E-state index contributed by atoms with van der Waals surface area (Å²) in [5, 5.41) is 0. The van der Waals surface area contributed by atoms with Gasteiger partial charge in [0.15, 0.2) is 0 Å². The highest BCUT2D eigenvalue weighted by molar-refractivity contribution is 4.70. The van der Waals surface area contributed by atoms with E-state index < -0.39 is 0 Å². The minimum atomic E-state index is 0.430. The van der Waals surface area contributed by atoms with Gasteiger partial charge in [-0.1, -0.05) is 0 Å². The lowest BCUT2D eigenvalue weighted by Crippen LogP contribution is -2.37. The van der Waals surface area contributed by atoms with Crippen LogP contribution in [0.3, 0.4) is 0 Å². The zero-order valence-electron chi connectivity index (χ0n) is 8.79. The molecule has 1 aliphatic heterocycles. The number of hydrogen-bond donors (Lipinski definition) is 0. The number of piperidine rings is 1. The predicted octanol–water partition coefficient (Wildman–Crippen LogP) is 1.13. The van der Waals surface area contributed by atoms with E-state index in [1.54, 1.807) is 0 Å². The quantitative estimate of drug-likeness (QED) is 0.602. The molecule has 1 aliphatic rings. The summed E-state index contributed by atoms with van der Waals surface area (Å²) in [4.78, 5) is 2.33. The topological polar surface area (TPSA) is 21.7 Å². The predicted molar refractivity (Wildman–Crippen MR) is 53.0 cm³/mol. The molecule has 1 heterocycles. The van der Waals surface area contributed by atoms with Crippen molar-refractivity contribution < 1.29 is 9.47 Å². The van der Waals surface area contributed by atoms with Gasteiger partial charge in [0.05, 0.1) is 19.3 Å². The molecule has 3 nitrogen and oxygen atoms in total. The third kappa shape index (κ3) is 4.60. The Morgan fingerprint density at radius 3 is 2.92 bits per heavy atom. The number of likely N-dealkylation sites (N-methyl/N-ethyl adjacent to an activating group) is 1. The largest absolute Gasteiger partial charge is 0.379 e. The van der Waals surface area contributed by atoms with Crippen molar-refractivity contribution in [3.8, 4) is 0 Å². The van der Waals surface area contributed by atoms with Crippen LogP contribution >= 0.6 is 0 Å². The van der Waals surface area contributed by atoms with Gasteiger partial charge in [0.1, 0.15) is 0 Å². The Labute approximate surface area is 81.0 Å².